The molecule has 138 valence electrons. The van der Waals surface area contributed by atoms with E-state index in [4.69, 9.17) is 4.52 Å². The van der Waals surface area contributed by atoms with Gasteiger partial charge in [0.1, 0.15) is 5.82 Å². The predicted octanol–water partition coefficient (Wildman–Crippen LogP) is 3.14. The first kappa shape index (κ1) is 17.2. The van der Waals surface area contributed by atoms with Crippen LogP contribution in [-0.2, 0) is 12.8 Å². The molecule has 0 unspecified atom stereocenters. The van der Waals surface area contributed by atoms with Gasteiger partial charge in [-0.05, 0) is 30.0 Å². The highest BCUT2D eigenvalue weighted by Gasteiger charge is 2.10. The van der Waals surface area contributed by atoms with Crippen LogP contribution in [0.2, 0.25) is 0 Å². The molecule has 1 aliphatic heterocycles. The minimum Gasteiger partial charge on any atom is -0.343 e. The van der Waals surface area contributed by atoms with Crippen molar-refractivity contribution in [2.75, 3.05) is 18.7 Å². The Morgan fingerprint density at radius 1 is 1.07 bits per heavy atom. The van der Waals surface area contributed by atoms with Gasteiger partial charge in [-0.15, -0.1) is 0 Å². The number of aromatic nitrogens is 1. The van der Waals surface area contributed by atoms with Gasteiger partial charge in [0.2, 0.25) is 11.8 Å². The number of nitrogens with zero attached hydrogens (tertiary/aromatic N) is 2. The van der Waals surface area contributed by atoms with Crippen molar-refractivity contribution in [2.24, 2.45) is 4.99 Å². The number of rotatable bonds is 5. The van der Waals surface area contributed by atoms with Crippen molar-refractivity contribution in [2.45, 2.75) is 12.8 Å². The summed E-state index contributed by atoms with van der Waals surface area (Å²) in [6.45, 7) is 1.21. The molecule has 4 rings (SSSR count). The van der Waals surface area contributed by atoms with Gasteiger partial charge in [0.05, 0.1) is 19.0 Å². The summed E-state index contributed by atoms with van der Waals surface area (Å²) >= 11 is 0. The van der Waals surface area contributed by atoms with Crippen LogP contribution in [0.4, 0.5) is 10.3 Å². The monoisotopic (exact) mass is 365 g/mol. The van der Waals surface area contributed by atoms with Crippen molar-refractivity contribution in [3.63, 3.8) is 0 Å². The Labute approximate surface area is 156 Å². The van der Waals surface area contributed by atoms with Crippen LogP contribution in [0.15, 0.2) is 64.1 Å². The van der Waals surface area contributed by atoms with Crippen molar-refractivity contribution in [1.82, 2.24) is 15.8 Å². The van der Waals surface area contributed by atoms with Crippen molar-refractivity contribution < 1.29 is 8.91 Å². The molecule has 0 bridgehead atoms. The second-order valence-corrected chi connectivity index (χ2v) is 6.26. The summed E-state index contributed by atoms with van der Waals surface area (Å²) in [5.74, 6) is 0.968. The first-order chi connectivity index (χ1) is 13.3. The lowest BCUT2D eigenvalue weighted by molar-refractivity contribution is 0.426. The van der Waals surface area contributed by atoms with Gasteiger partial charge in [-0.1, -0.05) is 47.6 Å². The number of aryl methyl sites for hydroxylation is 2. The molecule has 0 atom stereocenters. The minimum absolute atomic E-state index is 0.212. The number of aliphatic imine (C=N–C) groups is 1. The normalized spacial score (nSPS) is 13.7. The van der Waals surface area contributed by atoms with Crippen molar-refractivity contribution in [3.05, 3.63) is 71.7 Å². The van der Waals surface area contributed by atoms with Crippen molar-refractivity contribution in [1.29, 1.82) is 0 Å². The fourth-order valence-corrected chi connectivity index (χ4v) is 2.92. The van der Waals surface area contributed by atoms with Gasteiger partial charge in [0, 0.05) is 11.6 Å². The molecule has 7 heteroatoms. The largest absolute Gasteiger partial charge is 0.343 e. The van der Waals surface area contributed by atoms with Gasteiger partial charge in [0.15, 0.2) is 0 Å². The molecule has 6 nitrogen and oxygen atoms in total. The zero-order chi connectivity index (χ0) is 18.5. The van der Waals surface area contributed by atoms with Crippen LogP contribution in [0.5, 0.6) is 0 Å². The number of guanidine groups is 1. The maximum atomic E-state index is 14.5. The number of anilines is 1. The fraction of sp³-hybridized carbons (Fsp3) is 0.200. The third-order valence-corrected chi connectivity index (χ3v) is 4.32. The third kappa shape index (κ3) is 4.32. The Balaban J connectivity index is 1.37. The summed E-state index contributed by atoms with van der Waals surface area (Å²) in [4.78, 5) is 4.22. The minimum atomic E-state index is -0.212. The number of benzene rings is 2. The van der Waals surface area contributed by atoms with Gasteiger partial charge in [-0.25, -0.2) is 9.38 Å². The molecule has 2 heterocycles. The molecule has 0 aliphatic carbocycles. The van der Waals surface area contributed by atoms with Crippen LogP contribution in [0.1, 0.15) is 11.3 Å². The maximum Gasteiger partial charge on any atom is 0.231 e. The predicted molar refractivity (Wildman–Crippen MR) is 103 cm³/mol. The van der Waals surface area contributed by atoms with E-state index in [1.165, 1.54) is 0 Å². The second kappa shape index (κ2) is 8.01. The van der Waals surface area contributed by atoms with Crippen LogP contribution in [-0.4, -0.2) is 24.5 Å². The number of halogens is 1. The summed E-state index contributed by atoms with van der Waals surface area (Å²) in [7, 11) is 0. The summed E-state index contributed by atoms with van der Waals surface area (Å²) in [5, 5.41) is 13.2. The van der Waals surface area contributed by atoms with Gasteiger partial charge in [-0.2, -0.15) is 0 Å². The molecular weight excluding hydrogens is 345 g/mol. The summed E-state index contributed by atoms with van der Waals surface area (Å²) in [6.07, 6.45) is 1.35. The Kier molecular flexibility index (Phi) is 5.11. The van der Waals surface area contributed by atoms with Crippen molar-refractivity contribution in [3.8, 4) is 11.1 Å². The topological polar surface area (TPSA) is 74.5 Å². The van der Waals surface area contributed by atoms with E-state index in [0.717, 1.165) is 16.8 Å². The summed E-state index contributed by atoms with van der Waals surface area (Å²) in [6, 6.07) is 16.8. The molecule has 2 aromatic carbocycles. The van der Waals surface area contributed by atoms with Gasteiger partial charge in [-0.3, -0.25) is 10.6 Å². The SMILES string of the molecule is Fc1cc(CCc2cc(NC3=NCNCN3)on2)ccc1-c1ccccc1. The molecule has 0 saturated heterocycles. The fourth-order valence-electron chi connectivity index (χ4n) is 2.92. The molecule has 0 amide bonds. The Bertz CT molecular complexity index is 939. The Morgan fingerprint density at radius 2 is 1.96 bits per heavy atom. The van der Waals surface area contributed by atoms with Crippen LogP contribution in [0.25, 0.3) is 11.1 Å². The van der Waals surface area contributed by atoms with E-state index in [1.54, 1.807) is 6.07 Å². The second-order valence-electron chi connectivity index (χ2n) is 6.26. The molecular formula is C20H20FN5O. The van der Waals surface area contributed by atoms with Crippen LogP contribution < -0.4 is 16.0 Å². The van der Waals surface area contributed by atoms with E-state index in [2.05, 4.69) is 26.1 Å². The number of hydrogen-bond acceptors (Lipinski definition) is 6. The molecule has 3 N–H and O–H groups in total. The zero-order valence-corrected chi connectivity index (χ0v) is 14.7. The molecule has 1 aliphatic rings. The first-order valence-electron chi connectivity index (χ1n) is 8.83. The first-order valence-corrected chi connectivity index (χ1v) is 8.83. The van der Waals surface area contributed by atoms with E-state index < -0.39 is 0 Å². The standard InChI is InChI=1S/C20H20FN5O/c21-18-10-14(7-9-17(18)15-4-2-1-3-5-15)6-8-16-11-19(27-26-16)25-20-23-12-22-13-24-20/h1-5,7,9-11,22H,6,8,12-13H2,(H2,23,24,25). The Hall–Kier alpha value is -3.19. The Morgan fingerprint density at radius 3 is 2.74 bits per heavy atom. The molecule has 0 fully saturated rings. The molecule has 0 saturated carbocycles. The highest BCUT2D eigenvalue weighted by molar-refractivity contribution is 5.92. The van der Waals surface area contributed by atoms with E-state index in [-0.39, 0.29) is 5.82 Å². The average Bonchev–Trinajstić information content (AvgIpc) is 3.15. The molecule has 27 heavy (non-hydrogen) atoms. The summed E-state index contributed by atoms with van der Waals surface area (Å²) in [5.41, 5.74) is 3.22. The van der Waals surface area contributed by atoms with E-state index in [0.29, 0.717) is 43.6 Å². The number of hydrogen-bond donors (Lipinski definition) is 3. The zero-order valence-electron chi connectivity index (χ0n) is 14.7. The molecule has 0 radical (unpaired) electrons. The van der Waals surface area contributed by atoms with Gasteiger partial charge in [0.25, 0.3) is 0 Å². The van der Waals surface area contributed by atoms with E-state index in [9.17, 15) is 4.39 Å². The van der Waals surface area contributed by atoms with Crippen molar-refractivity contribution >= 4 is 11.8 Å². The van der Waals surface area contributed by atoms with Gasteiger partial charge >= 0.3 is 0 Å². The molecule has 3 aromatic rings. The smallest absolute Gasteiger partial charge is 0.231 e. The lowest BCUT2D eigenvalue weighted by Gasteiger charge is -2.14. The average molecular weight is 365 g/mol. The highest BCUT2D eigenvalue weighted by atomic mass is 19.1. The number of nitrogens with one attached hydrogen (secondary N) is 3. The summed E-state index contributed by atoms with van der Waals surface area (Å²) < 4.78 is 19.7. The molecule has 0 spiro atoms. The van der Waals surface area contributed by atoms with Crippen LogP contribution >= 0.6 is 0 Å². The quantitative estimate of drug-likeness (QED) is 0.648. The lowest BCUT2D eigenvalue weighted by atomic mass is 10.0. The van der Waals surface area contributed by atoms with E-state index >= 15 is 0 Å². The maximum absolute atomic E-state index is 14.5. The van der Waals surface area contributed by atoms with Crippen LogP contribution in [0.3, 0.4) is 0 Å². The highest BCUT2D eigenvalue weighted by Crippen LogP contribution is 2.24. The lowest BCUT2D eigenvalue weighted by Crippen LogP contribution is -2.42. The van der Waals surface area contributed by atoms with Crippen LogP contribution in [0, 0.1) is 5.82 Å². The van der Waals surface area contributed by atoms with E-state index in [1.807, 2.05) is 48.5 Å². The third-order valence-electron chi connectivity index (χ3n) is 4.32. The van der Waals surface area contributed by atoms with Gasteiger partial charge < -0.3 is 9.84 Å². The molecule has 1 aromatic heterocycles.